The van der Waals surface area contributed by atoms with Gasteiger partial charge in [0, 0.05) is 0 Å². The molecule has 0 radical (unpaired) electrons. The van der Waals surface area contributed by atoms with Gasteiger partial charge in [-0.1, -0.05) is 0 Å². The van der Waals surface area contributed by atoms with Gasteiger partial charge < -0.3 is 4.74 Å². The Morgan fingerprint density at radius 2 is 2.00 bits per heavy atom. The van der Waals surface area contributed by atoms with E-state index in [2.05, 4.69) is 0 Å². The minimum absolute atomic E-state index is 0.177. The highest BCUT2D eigenvalue weighted by Crippen LogP contribution is 2.22. The van der Waals surface area contributed by atoms with Crippen LogP contribution in [-0.4, -0.2) is 5.60 Å². The second-order valence-corrected chi connectivity index (χ2v) is 3.97. The van der Waals surface area contributed by atoms with Gasteiger partial charge in [0.25, 0.3) is 0 Å². The fourth-order valence-electron chi connectivity index (χ4n) is 0.983. The predicted octanol–water partition coefficient (Wildman–Crippen LogP) is 2.87. The highest BCUT2D eigenvalue weighted by molar-refractivity contribution is 5.36. The van der Waals surface area contributed by atoms with E-state index in [1.165, 1.54) is 18.2 Å². The molecule has 2 nitrogen and oxygen atoms in total. The summed E-state index contributed by atoms with van der Waals surface area (Å²) in [7, 11) is 0. The van der Waals surface area contributed by atoms with Gasteiger partial charge in [-0.05, 0) is 39.0 Å². The standard InChI is InChI=1S/C11H12FNO/c1-11(2,3)14-10-5-4-8(7-13)6-9(10)12/h4-6H,1-3H3. The number of halogens is 1. The zero-order chi connectivity index (χ0) is 10.8. The van der Waals surface area contributed by atoms with Crippen molar-refractivity contribution in [3.05, 3.63) is 29.6 Å². The van der Waals surface area contributed by atoms with E-state index in [9.17, 15) is 4.39 Å². The molecule has 0 aromatic heterocycles. The number of rotatable bonds is 1. The maximum atomic E-state index is 13.3. The Morgan fingerprint density at radius 1 is 1.36 bits per heavy atom. The number of ether oxygens (including phenoxy) is 1. The Bertz CT molecular complexity index is 374. The molecule has 0 saturated carbocycles. The Morgan fingerprint density at radius 3 is 2.43 bits per heavy atom. The van der Waals surface area contributed by atoms with Crippen LogP contribution < -0.4 is 4.74 Å². The quantitative estimate of drug-likeness (QED) is 0.687. The van der Waals surface area contributed by atoms with Crippen LogP contribution in [0.1, 0.15) is 26.3 Å². The predicted molar refractivity (Wildman–Crippen MR) is 51.5 cm³/mol. The van der Waals surface area contributed by atoms with Crippen molar-refractivity contribution in [2.75, 3.05) is 0 Å². The average Bonchev–Trinajstić information content (AvgIpc) is 2.06. The van der Waals surface area contributed by atoms with E-state index in [1.54, 1.807) is 0 Å². The third kappa shape index (κ3) is 2.74. The Balaban J connectivity index is 2.97. The highest BCUT2D eigenvalue weighted by atomic mass is 19.1. The second kappa shape index (κ2) is 3.67. The normalized spacial score (nSPS) is 10.8. The van der Waals surface area contributed by atoms with E-state index in [0.29, 0.717) is 5.56 Å². The van der Waals surface area contributed by atoms with Crippen LogP contribution in [0.15, 0.2) is 18.2 Å². The van der Waals surface area contributed by atoms with Crippen molar-refractivity contribution in [1.82, 2.24) is 0 Å². The van der Waals surface area contributed by atoms with Crippen molar-refractivity contribution in [1.29, 1.82) is 5.26 Å². The lowest BCUT2D eigenvalue weighted by Gasteiger charge is -2.21. The number of nitrogens with zero attached hydrogens (tertiary/aromatic N) is 1. The van der Waals surface area contributed by atoms with E-state index in [-0.39, 0.29) is 5.75 Å². The smallest absolute Gasteiger partial charge is 0.166 e. The molecule has 74 valence electrons. The maximum Gasteiger partial charge on any atom is 0.166 e. The minimum atomic E-state index is -0.501. The van der Waals surface area contributed by atoms with Crippen molar-refractivity contribution < 1.29 is 9.13 Å². The van der Waals surface area contributed by atoms with Gasteiger partial charge in [0.05, 0.1) is 11.6 Å². The summed E-state index contributed by atoms with van der Waals surface area (Å²) in [5.41, 5.74) is -0.140. The fourth-order valence-corrected chi connectivity index (χ4v) is 0.983. The van der Waals surface area contributed by atoms with Gasteiger partial charge >= 0.3 is 0 Å². The summed E-state index contributed by atoms with van der Waals surface area (Å²) >= 11 is 0. The molecule has 0 unspecified atom stereocenters. The molecule has 3 heteroatoms. The third-order valence-corrected chi connectivity index (χ3v) is 1.48. The van der Waals surface area contributed by atoms with Crippen LogP contribution in [0.25, 0.3) is 0 Å². The molecule has 1 rings (SSSR count). The second-order valence-electron chi connectivity index (χ2n) is 3.97. The van der Waals surface area contributed by atoms with Crippen LogP contribution >= 0.6 is 0 Å². The molecular weight excluding hydrogens is 181 g/mol. The van der Waals surface area contributed by atoms with Gasteiger partial charge in [-0.25, -0.2) is 4.39 Å². The van der Waals surface area contributed by atoms with Gasteiger partial charge in [0.1, 0.15) is 5.60 Å². The molecule has 0 fully saturated rings. The van der Waals surface area contributed by atoms with Crippen LogP contribution in [0.5, 0.6) is 5.75 Å². The van der Waals surface area contributed by atoms with Crippen LogP contribution in [0.3, 0.4) is 0 Å². The van der Waals surface area contributed by atoms with Gasteiger partial charge in [-0.3, -0.25) is 0 Å². The molecule has 0 N–H and O–H groups in total. The summed E-state index contributed by atoms with van der Waals surface area (Å²) in [6.45, 7) is 5.51. The zero-order valence-corrected chi connectivity index (χ0v) is 8.47. The summed E-state index contributed by atoms with van der Waals surface area (Å²) in [6.07, 6.45) is 0. The summed E-state index contributed by atoms with van der Waals surface area (Å²) < 4.78 is 18.6. The van der Waals surface area contributed by atoms with Gasteiger partial charge in [-0.2, -0.15) is 5.26 Å². The van der Waals surface area contributed by atoms with Crippen molar-refractivity contribution in [2.24, 2.45) is 0 Å². The van der Waals surface area contributed by atoms with Crippen molar-refractivity contribution in [2.45, 2.75) is 26.4 Å². The first-order valence-electron chi connectivity index (χ1n) is 4.31. The number of benzene rings is 1. The molecule has 0 aliphatic heterocycles. The largest absolute Gasteiger partial charge is 0.485 e. The number of nitriles is 1. The SMILES string of the molecule is CC(C)(C)Oc1ccc(C#N)cc1F. The van der Waals surface area contributed by atoms with Crippen molar-refractivity contribution in [3.8, 4) is 11.8 Å². The van der Waals surface area contributed by atoms with Gasteiger partial charge in [-0.15, -0.1) is 0 Å². The molecule has 0 spiro atoms. The molecule has 14 heavy (non-hydrogen) atoms. The number of hydrogen-bond donors (Lipinski definition) is 0. The summed E-state index contributed by atoms with van der Waals surface area (Å²) in [5, 5.41) is 8.53. The first-order chi connectivity index (χ1) is 6.42. The molecule has 0 atom stereocenters. The molecule has 0 bridgehead atoms. The Labute approximate surface area is 82.9 Å². The molecule has 1 aromatic rings. The maximum absolute atomic E-state index is 13.3. The molecule has 0 saturated heterocycles. The number of hydrogen-bond acceptors (Lipinski definition) is 2. The van der Waals surface area contributed by atoms with Crippen molar-refractivity contribution in [3.63, 3.8) is 0 Å². The van der Waals surface area contributed by atoms with Crippen LogP contribution in [-0.2, 0) is 0 Å². The van der Waals surface area contributed by atoms with Crippen LogP contribution in [0.2, 0.25) is 0 Å². The van der Waals surface area contributed by atoms with E-state index < -0.39 is 11.4 Å². The topological polar surface area (TPSA) is 33.0 Å². The summed E-state index contributed by atoms with van der Waals surface area (Å²) in [5.74, 6) is -0.324. The van der Waals surface area contributed by atoms with Crippen LogP contribution in [0.4, 0.5) is 4.39 Å². The first kappa shape index (κ1) is 10.5. The molecule has 0 amide bonds. The van der Waals surface area contributed by atoms with Crippen LogP contribution in [0, 0.1) is 17.1 Å². The molecule has 1 aromatic carbocycles. The molecule has 0 heterocycles. The Hall–Kier alpha value is -1.56. The summed E-state index contributed by atoms with van der Waals surface area (Å²) in [4.78, 5) is 0. The van der Waals surface area contributed by atoms with Gasteiger partial charge in [0.2, 0.25) is 0 Å². The highest BCUT2D eigenvalue weighted by Gasteiger charge is 2.14. The van der Waals surface area contributed by atoms with Crippen molar-refractivity contribution >= 4 is 0 Å². The lowest BCUT2D eigenvalue weighted by Crippen LogP contribution is -2.23. The third-order valence-electron chi connectivity index (χ3n) is 1.48. The van der Waals surface area contributed by atoms with E-state index in [0.717, 1.165) is 0 Å². The fraction of sp³-hybridized carbons (Fsp3) is 0.364. The monoisotopic (exact) mass is 193 g/mol. The molecular formula is C11H12FNO. The van der Waals surface area contributed by atoms with E-state index >= 15 is 0 Å². The lowest BCUT2D eigenvalue weighted by molar-refractivity contribution is 0.124. The van der Waals surface area contributed by atoms with E-state index in [1.807, 2.05) is 26.8 Å². The Kier molecular flexibility index (Phi) is 2.76. The minimum Gasteiger partial charge on any atom is -0.485 e. The van der Waals surface area contributed by atoms with E-state index in [4.69, 9.17) is 10.00 Å². The van der Waals surface area contributed by atoms with Gasteiger partial charge in [0.15, 0.2) is 11.6 Å². The first-order valence-corrected chi connectivity index (χ1v) is 4.31. The average molecular weight is 193 g/mol. The zero-order valence-electron chi connectivity index (χ0n) is 8.47. The summed E-state index contributed by atoms with van der Waals surface area (Å²) in [6, 6.07) is 6.03. The lowest BCUT2D eigenvalue weighted by atomic mass is 10.2. The molecule has 0 aliphatic carbocycles. The molecule has 0 aliphatic rings.